The molecule has 1 N–H and O–H groups in total. The maximum atomic E-state index is 12.7. The van der Waals surface area contributed by atoms with Crippen molar-refractivity contribution in [3.63, 3.8) is 0 Å². The Bertz CT molecular complexity index is 930. The number of nitrogens with zero attached hydrogens (tertiary/aromatic N) is 2. The van der Waals surface area contributed by atoms with Gasteiger partial charge in [-0.3, -0.25) is 9.36 Å². The Hall–Kier alpha value is -2.43. The van der Waals surface area contributed by atoms with Crippen LogP contribution in [0.5, 0.6) is 0 Å². The fraction of sp³-hybridized carbons (Fsp3) is 0.158. The van der Waals surface area contributed by atoms with E-state index in [4.69, 9.17) is 16.7 Å². The molecule has 122 valence electrons. The lowest BCUT2D eigenvalue weighted by Crippen LogP contribution is -2.24. The quantitative estimate of drug-likeness (QED) is 0.772. The van der Waals surface area contributed by atoms with Gasteiger partial charge in [0.2, 0.25) is 0 Å². The lowest BCUT2D eigenvalue weighted by molar-refractivity contribution is 0.278. The molecule has 0 unspecified atom stereocenters. The summed E-state index contributed by atoms with van der Waals surface area (Å²) in [7, 11) is 0. The molecule has 5 heteroatoms. The molecule has 3 rings (SSSR count). The van der Waals surface area contributed by atoms with E-state index in [1.807, 2.05) is 54.6 Å². The highest BCUT2D eigenvalue weighted by Crippen LogP contribution is 2.14. The second-order valence-electron chi connectivity index (χ2n) is 5.41. The number of halogens is 1. The summed E-state index contributed by atoms with van der Waals surface area (Å²) in [4.78, 5) is 17.3. The van der Waals surface area contributed by atoms with E-state index in [1.54, 1.807) is 10.6 Å². The molecule has 0 saturated heterocycles. The van der Waals surface area contributed by atoms with Crippen molar-refractivity contribution in [1.29, 1.82) is 0 Å². The zero-order valence-electron chi connectivity index (χ0n) is 13.0. The van der Waals surface area contributed by atoms with Gasteiger partial charge in [0.15, 0.2) is 0 Å². The molecule has 1 aromatic heterocycles. The van der Waals surface area contributed by atoms with Gasteiger partial charge in [-0.15, -0.1) is 0 Å². The fourth-order valence-corrected chi connectivity index (χ4v) is 2.63. The van der Waals surface area contributed by atoms with Crippen LogP contribution in [-0.4, -0.2) is 21.3 Å². The molecule has 0 amide bonds. The molecule has 0 aliphatic carbocycles. The highest BCUT2D eigenvalue weighted by molar-refractivity contribution is 6.30. The van der Waals surface area contributed by atoms with Gasteiger partial charge in [-0.1, -0.05) is 41.9 Å². The summed E-state index contributed by atoms with van der Waals surface area (Å²) in [6, 6.07) is 14.7. The first-order chi connectivity index (χ1) is 11.7. The maximum absolute atomic E-state index is 12.7. The normalized spacial score (nSPS) is 11.4. The third kappa shape index (κ3) is 3.55. The second kappa shape index (κ2) is 7.43. The number of para-hydroxylation sites is 1. The molecule has 0 spiro atoms. The van der Waals surface area contributed by atoms with Crippen molar-refractivity contribution < 1.29 is 5.11 Å². The standard InChI is InChI=1S/C19H17ClN2O2/c20-15-9-6-14(7-10-15)8-11-18-21-17-5-2-1-4-16(17)19(24)22(18)12-3-13-23/h1-2,4-11,23H,3,12-13H2. The van der Waals surface area contributed by atoms with Crippen LogP contribution in [0.3, 0.4) is 0 Å². The van der Waals surface area contributed by atoms with Crippen LogP contribution >= 0.6 is 11.6 Å². The van der Waals surface area contributed by atoms with Gasteiger partial charge in [0.1, 0.15) is 5.82 Å². The van der Waals surface area contributed by atoms with E-state index in [0.29, 0.717) is 34.7 Å². The summed E-state index contributed by atoms with van der Waals surface area (Å²) in [5.74, 6) is 0.571. The molecule has 0 radical (unpaired) electrons. The van der Waals surface area contributed by atoms with Gasteiger partial charge in [-0.25, -0.2) is 4.98 Å². The Labute approximate surface area is 144 Å². The van der Waals surface area contributed by atoms with Gasteiger partial charge in [-0.2, -0.15) is 0 Å². The van der Waals surface area contributed by atoms with Crippen LogP contribution in [-0.2, 0) is 6.54 Å². The van der Waals surface area contributed by atoms with Crippen LogP contribution in [0.2, 0.25) is 5.02 Å². The smallest absolute Gasteiger partial charge is 0.261 e. The van der Waals surface area contributed by atoms with Gasteiger partial charge in [0.25, 0.3) is 5.56 Å². The summed E-state index contributed by atoms with van der Waals surface area (Å²) in [6.07, 6.45) is 4.21. The van der Waals surface area contributed by atoms with E-state index in [0.717, 1.165) is 5.56 Å². The van der Waals surface area contributed by atoms with Crippen LogP contribution in [0.4, 0.5) is 0 Å². The molecule has 0 atom stereocenters. The SMILES string of the molecule is O=c1c2ccccc2nc(C=Cc2ccc(Cl)cc2)n1CCCO. The second-order valence-corrected chi connectivity index (χ2v) is 5.84. The molecule has 24 heavy (non-hydrogen) atoms. The fourth-order valence-electron chi connectivity index (χ4n) is 2.50. The zero-order valence-corrected chi connectivity index (χ0v) is 13.8. The van der Waals surface area contributed by atoms with Crippen molar-refractivity contribution in [2.75, 3.05) is 6.61 Å². The van der Waals surface area contributed by atoms with Crippen molar-refractivity contribution in [3.05, 3.63) is 75.3 Å². The number of aliphatic hydroxyl groups excluding tert-OH is 1. The van der Waals surface area contributed by atoms with Gasteiger partial charge in [0, 0.05) is 18.2 Å². The molecule has 0 fully saturated rings. The zero-order chi connectivity index (χ0) is 16.9. The molecular weight excluding hydrogens is 324 g/mol. The minimum absolute atomic E-state index is 0.0274. The van der Waals surface area contributed by atoms with Gasteiger partial charge in [-0.05, 0) is 42.3 Å². The minimum Gasteiger partial charge on any atom is -0.396 e. The Balaban J connectivity index is 2.07. The minimum atomic E-state index is -0.0928. The van der Waals surface area contributed by atoms with E-state index >= 15 is 0 Å². The maximum Gasteiger partial charge on any atom is 0.261 e. The van der Waals surface area contributed by atoms with Crippen LogP contribution in [0, 0.1) is 0 Å². The van der Waals surface area contributed by atoms with Gasteiger partial charge in [0.05, 0.1) is 10.9 Å². The van der Waals surface area contributed by atoms with Crippen molar-refractivity contribution in [2.45, 2.75) is 13.0 Å². The summed E-state index contributed by atoms with van der Waals surface area (Å²) in [5, 5.41) is 10.3. The van der Waals surface area contributed by atoms with Crippen molar-refractivity contribution in [3.8, 4) is 0 Å². The molecule has 0 aliphatic rings. The summed E-state index contributed by atoms with van der Waals surface area (Å²) in [6.45, 7) is 0.451. The Morgan fingerprint density at radius 1 is 1.08 bits per heavy atom. The van der Waals surface area contributed by atoms with Crippen LogP contribution in [0.1, 0.15) is 17.8 Å². The van der Waals surface area contributed by atoms with E-state index in [2.05, 4.69) is 4.98 Å². The van der Waals surface area contributed by atoms with E-state index < -0.39 is 0 Å². The van der Waals surface area contributed by atoms with E-state index in [9.17, 15) is 4.79 Å². The third-order valence-corrected chi connectivity index (χ3v) is 3.98. The first-order valence-electron chi connectivity index (χ1n) is 7.73. The van der Waals surface area contributed by atoms with Crippen molar-refractivity contribution >= 4 is 34.7 Å². The monoisotopic (exact) mass is 340 g/mol. The average molecular weight is 341 g/mol. The topological polar surface area (TPSA) is 55.1 Å². The number of hydrogen-bond donors (Lipinski definition) is 1. The Morgan fingerprint density at radius 3 is 2.58 bits per heavy atom. The lowest BCUT2D eigenvalue weighted by Gasteiger charge is -2.10. The number of fused-ring (bicyclic) bond motifs is 1. The molecule has 0 bridgehead atoms. The Kier molecular flexibility index (Phi) is 5.08. The Morgan fingerprint density at radius 2 is 1.83 bits per heavy atom. The highest BCUT2D eigenvalue weighted by Gasteiger charge is 2.08. The molecule has 3 aromatic rings. The molecule has 0 aliphatic heterocycles. The van der Waals surface area contributed by atoms with Crippen LogP contribution in [0.15, 0.2) is 53.3 Å². The summed E-state index contributed by atoms with van der Waals surface area (Å²) < 4.78 is 1.60. The van der Waals surface area contributed by atoms with Crippen LogP contribution in [0.25, 0.3) is 23.1 Å². The highest BCUT2D eigenvalue weighted by atomic mass is 35.5. The molecule has 0 saturated carbocycles. The number of benzene rings is 2. The predicted octanol–water partition coefficient (Wildman–Crippen LogP) is 3.60. The number of aliphatic hydroxyl groups is 1. The predicted molar refractivity (Wildman–Crippen MR) is 98.1 cm³/mol. The van der Waals surface area contributed by atoms with Gasteiger partial charge < -0.3 is 5.11 Å². The molecule has 1 heterocycles. The average Bonchev–Trinajstić information content (AvgIpc) is 2.61. The first-order valence-corrected chi connectivity index (χ1v) is 8.11. The number of rotatable bonds is 5. The van der Waals surface area contributed by atoms with E-state index in [1.165, 1.54) is 0 Å². The van der Waals surface area contributed by atoms with Crippen molar-refractivity contribution in [2.24, 2.45) is 0 Å². The number of aromatic nitrogens is 2. The molecule has 2 aromatic carbocycles. The van der Waals surface area contributed by atoms with Crippen LogP contribution < -0.4 is 5.56 Å². The summed E-state index contributed by atoms with van der Waals surface area (Å²) >= 11 is 5.89. The molecular formula is C19H17ClN2O2. The first kappa shape index (κ1) is 16.4. The lowest BCUT2D eigenvalue weighted by atomic mass is 10.2. The molecule has 4 nitrogen and oxygen atoms in total. The van der Waals surface area contributed by atoms with Gasteiger partial charge >= 0.3 is 0 Å². The third-order valence-electron chi connectivity index (χ3n) is 3.73. The summed E-state index contributed by atoms with van der Waals surface area (Å²) in [5.41, 5.74) is 1.54. The largest absolute Gasteiger partial charge is 0.396 e. The van der Waals surface area contributed by atoms with E-state index in [-0.39, 0.29) is 12.2 Å². The number of hydrogen-bond acceptors (Lipinski definition) is 3. The van der Waals surface area contributed by atoms with Crippen molar-refractivity contribution in [1.82, 2.24) is 9.55 Å².